The van der Waals surface area contributed by atoms with Crippen molar-refractivity contribution in [2.45, 2.75) is 20.5 Å². The van der Waals surface area contributed by atoms with Crippen molar-refractivity contribution in [2.24, 2.45) is 5.10 Å². The van der Waals surface area contributed by atoms with Crippen molar-refractivity contribution in [2.75, 3.05) is 11.9 Å². The first kappa shape index (κ1) is 23.1. The van der Waals surface area contributed by atoms with Crippen molar-refractivity contribution in [3.05, 3.63) is 88.2 Å². The molecule has 0 aromatic heterocycles. The Hall–Kier alpha value is -3.58. The average Bonchev–Trinajstić information content (AvgIpc) is 2.76. The minimum Gasteiger partial charge on any atom is -0.490 e. The van der Waals surface area contributed by atoms with E-state index in [0.717, 1.165) is 11.1 Å². The number of para-hydroxylation sites is 1. The van der Waals surface area contributed by atoms with Crippen molar-refractivity contribution < 1.29 is 18.7 Å². The molecule has 3 aromatic rings. The molecule has 0 heterocycles. The van der Waals surface area contributed by atoms with Gasteiger partial charge in [-0.05, 0) is 60.9 Å². The van der Waals surface area contributed by atoms with Gasteiger partial charge in [0.1, 0.15) is 12.4 Å². The fraction of sp³-hybridized carbons (Fsp3) is 0.167. The van der Waals surface area contributed by atoms with Gasteiger partial charge < -0.3 is 14.8 Å². The molecule has 2 N–H and O–H groups in total. The summed E-state index contributed by atoms with van der Waals surface area (Å²) in [4.78, 5) is 12.1. The van der Waals surface area contributed by atoms with Gasteiger partial charge >= 0.3 is 6.03 Å². The summed E-state index contributed by atoms with van der Waals surface area (Å²) in [5, 5.41) is 7.01. The normalized spacial score (nSPS) is 10.8. The fourth-order valence-corrected chi connectivity index (χ4v) is 3.10. The Labute approximate surface area is 191 Å². The number of amides is 2. The molecular formula is C24H23ClFN3O3. The number of nitrogens with one attached hydrogen (secondary N) is 2. The molecule has 0 saturated carbocycles. The predicted molar refractivity (Wildman–Crippen MR) is 124 cm³/mol. The third-order valence-corrected chi connectivity index (χ3v) is 4.68. The first-order chi connectivity index (χ1) is 15.5. The first-order valence-electron chi connectivity index (χ1n) is 9.95. The molecule has 0 radical (unpaired) electrons. The summed E-state index contributed by atoms with van der Waals surface area (Å²) in [5.41, 5.74) is 5.46. The maximum atomic E-state index is 13.1. The average molecular weight is 456 g/mol. The highest BCUT2D eigenvalue weighted by Crippen LogP contribution is 2.37. The number of hydrogen-bond acceptors (Lipinski definition) is 4. The van der Waals surface area contributed by atoms with E-state index in [-0.39, 0.29) is 12.4 Å². The summed E-state index contributed by atoms with van der Waals surface area (Å²) < 4.78 is 24.5. The lowest BCUT2D eigenvalue weighted by Gasteiger charge is -2.14. The number of carbonyl (C=O) groups is 1. The highest BCUT2D eigenvalue weighted by Gasteiger charge is 2.13. The molecule has 3 rings (SSSR count). The maximum Gasteiger partial charge on any atom is 0.339 e. The molecule has 2 amide bonds. The van der Waals surface area contributed by atoms with Crippen LogP contribution in [0.15, 0.2) is 65.8 Å². The van der Waals surface area contributed by atoms with Gasteiger partial charge in [-0.3, -0.25) is 0 Å². The van der Waals surface area contributed by atoms with Crippen LogP contribution in [0.3, 0.4) is 0 Å². The van der Waals surface area contributed by atoms with Crippen molar-refractivity contribution in [1.29, 1.82) is 0 Å². The van der Waals surface area contributed by atoms with Gasteiger partial charge in [0.15, 0.2) is 11.5 Å². The van der Waals surface area contributed by atoms with Crippen LogP contribution in [-0.4, -0.2) is 18.9 Å². The molecule has 0 aliphatic rings. The minimum absolute atomic E-state index is 0.203. The molecule has 3 aromatic carbocycles. The smallest absolute Gasteiger partial charge is 0.339 e. The fourth-order valence-electron chi connectivity index (χ4n) is 2.83. The van der Waals surface area contributed by atoms with Crippen molar-refractivity contribution in [1.82, 2.24) is 5.43 Å². The van der Waals surface area contributed by atoms with E-state index in [0.29, 0.717) is 34.4 Å². The summed E-state index contributed by atoms with van der Waals surface area (Å²) in [7, 11) is 0. The van der Waals surface area contributed by atoms with Crippen LogP contribution in [0.5, 0.6) is 11.5 Å². The second-order valence-electron chi connectivity index (χ2n) is 6.82. The summed E-state index contributed by atoms with van der Waals surface area (Å²) >= 11 is 6.40. The third kappa shape index (κ3) is 6.46. The van der Waals surface area contributed by atoms with Gasteiger partial charge in [-0.25, -0.2) is 14.6 Å². The van der Waals surface area contributed by atoms with E-state index in [2.05, 4.69) is 15.8 Å². The summed E-state index contributed by atoms with van der Waals surface area (Å²) in [5.74, 6) is 0.500. The Balaban J connectivity index is 1.67. The van der Waals surface area contributed by atoms with Gasteiger partial charge in [0.25, 0.3) is 0 Å². The van der Waals surface area contributed by atoms with Gasteiger partial charge in [0, 0.05) is 5.69 Å². The standard InChI is InChI=1S/C24H23ClFN3O3/c1-3-31-22-13-18(14-27-29-24(30)28-21-7-5-4-6-16(21)2)12-20(25)23(22)32-15-17-8-10-19(26)11-9-17/h4-14H,3,15H2,1-2H3,(H2,28,29,30). The predicted octanol–water partition coefficient (Wildman–Crippen LogP) is 5.92. The zero-order chi connectivity index (χ0) is 22.9. The summed E-state index contributed by atoms with van der Waals surface area (Å²) in [6, 6.07) is 16.3. The Bertz CT molecular complexity index is 1100. The minimum atomic E-state index is -0.467. The van der Waals surface area contributed by atoms with Crippen molar-refractivity contribution in [3.8, 4) is 11.5 Å². The largest absolute Gasteiger partial charge is 0.490 e. The maximum absolute atomic E-state index is 13.1. The van der Waals surface area contributed by atoms with Crippen LogP contribution in [0.2, 0.25) is 5.02 Å². The summed E-state index contributed by atoms with van der Waals surface area (Å²) in [6.45, 7) is 4.35. The van der Waals surface area contributed by atoms with E-state index in [1.807, 2.05) is 32.0 Å². The van der Waals surface area contributed by atoms with Gasteiger partial charge in [-0.15, -0.1) is 0 Å². The molecule has 0 unspecified atom stereocenters. The molecular weight excluding hydrogens is 433 g/mol. The lowest BCUT2D eigenvalue weighted by atomic mass is 10.2. The Morgan fingerprint density at radius 2 is 1.88 bits per heavy atom. The number of halogens is 2. The molecule has 0 aliphatic heterocycles. The number of rotatable bonds is 8. The second-order valence-corrected chi connectivity index (χ2v) is 7.22. The molecule has 0 fully saturated rings. The number of hydrazone groups is 1. The summed E-state index contributed by atoms with van der Waals surface area (Å²) in [6.07, 6.45) is 1.45. The van der Waals surface area contributed by atoms with E-state index in [4.69, 9.17) is 21.1 Å². The number of carbonyl (C=O) groups excluding carboxylic acids is 1. The van der Waals surface area contributed by atoms with E-state index in [1.165, 1.54) is 18.3 Å². The molecule has 0 bridgehead atoms. The van der Waals surface area contributed by atoms with E-state index >= 15 is 0 Å². The quantitative estimate of drug-likeness (QED) is 0.327. The van der Waals surface area contributed by atoms with Crippen molar-refractivity contribution in [3.63, 3.8) is 0 Å². The van der Waals surface area contributed by atoms with E-state index in [1.54, 1.807) is 30.3 Å². The highest BCUT2D eigenvalue weighted by molar-refractivity contribution is 6.32. The lowest BCUT2D eigenvalue weighted by molar-refractivity contribution is 0.252. The van der Waals surface area contributed by atoms with Crippen LogP contribution in [0, 0.1) is 12.7 Å². The number of urea groups is 1. The Morgan fingerprint density at radius 3 is 2.59 bits per heavy atom. The van der Waals surface area contributed by atoms with Crippen LogP contribution < -0.4 is 20.2 Å². The number of benzene rings is 3. The van der Waals surface area contributed by atoms with Crippen LogP contribution in [0.25, 0.3) is 0 Å². The highest BCUT2D eigenvalue weighted by atomic mass is 35.5. The van der Waals surface area contributed by atoms with Crippen LogP contribution in [0.1, 0.15) is 23.6 Å². The van der Waals surface area contributed by atoms with Crippen molar-refractivity contribution >= 4 is 29.5 Å². The third-order valence-electron chi connectivity index (χ3n) is 4.40. The molecule has 0 atom stereocenters. The number of hydrogen-bond donors (Lipinski definition) is 2. The number of anilines is 1. The van der Waals surface area contributed by atoms with Gasteiger partial charge in [-0.2, -0.15) is 5.10 Å². The second kappa shape index (κ2) is 11.2. The number of aryl methyl sites for hydroxylation is 1. The molecule has 0 spiro atoms. The van der Waals surface area contributed by atoms with Gasteiger partial charge in [0.05, 0.1) is 17.8 Å². The van der Waals surface area contributed by atoms with Crippen LogP contribution in [-0.2, 0) is 6.61 Å². The zero-order valence-electron chi connectivity index (χ0n) is 17.7. The molecule has 166 valence electrons. The van der Waals surface area contributed by atoms with E-state index in [9.17, 15) is 9.18 Å². The van der Waals surface area contributed by atoms with Gasteiger partial charge in [-0.1, -0.05) is 41.9 Å². The van der Waals surface area contributed by atoms with Gasteiger partial charge in [0.2, 0.25) is 0 Å². The first-order valence-corrected chi connectivity index (χ1v) is 10.3. The topological polar surface area (TPSA) is 72.0 Å². The number of ether oxygens (including phenoxy) is 2. The molecule has 0 aliphatic carbocycles. The molecule has 0 saturated heterocycles. The zero-order valence-corrected chi connectivity index (χ0v) is 18.4. The van der Waals surface area contributed by atoms with E-state index < -0.39 is 6.03 Å². The Kier molecular flexibility index (Phi) is 8.05. The number of nitrogens with zero attached hydrogens (tertiary/aromatic N) is 1. The lowest BCUT2D eigenvalue weighted by Crippen LogP contribution is -2.24. The molecule has 8 heteroatoms. The molecule has 6 nitrogen and oxygen atoms in total. The SMILES string of the molecule is CCOc1cc(C=NNC(=O)Nc2ccccc2C)cc(Cl)c1OCc1ccc(F)cc1. The molecule has 32 heavy (non-hydrogen) atoms. The van der Waals surface area contributed by atoms with Crippen LogP contribution >= 0.6 is 11.6 Å². The van der Waals surface area contributed by atoms with Crippen LogP contribution in [0.4, 0.5) is 14.9 Å². The Morgan fingerprint density at radius 1 is 1.12 bits per heavy atom. The monoisotopic (exact) mass is 455 g/mol.